The molecule has 0 aliphatic rings. The zero-order chi connectivity index (χ0) is 67.2. The van der Waals surface area contributed by atoms with E-state index < -0.39 is 49.2 Å². The van der Waals surface area contributed by atoms with Crippen LogP contribution in [0.4, 0.5) is 39.5 Å². The topological polar surface area (TPSA) is 9.23 Å². The lowest BCUT2D eigenvalue weighted by Gasteiger charge is -2.20. The Morgan fingerprint density at radius 1 is 0.348 bits per heavy atom. The molecule has 89 heavy (non-hydrogen) atoms. The molecule has 0 saturated carbocycles. The van der Waals surface area contributed by atoms with Gasteiger partial charge in [0.2, 0.25) is 0 Å². The zero-order valence-electron chi connectivity index (χ0n) is 55.4. The molecule has 0 aliphatic heterocycles. The van der Waals surface area contributed by atoms with Gasteiger partial charge in [0.15, 0.2) is 67.0 Å². The number of aryl methyl sites for hydroxylation is 2. The van der Waals surface area contributed by atoms with Gasteiger partial charge in [-0.3, -0.25) is 0 Å². The first-order chi connectivity index (χ1) is 41.6. The van der Waals surface area contributed by atoms with Gasteiger partial charge in [0.05, 0.1) is 25.9 Å². The number of unbranched alkanes of at least 4 members (excludes halogenated alkanes) is 3. The summed E-state index contributed by atoms with van der Waals surface area (Å²) < 4.78 is 126. The van der Waals surface area contributed by atoms with Crippen LogP contribution in [0.5, 0.6) is 5.75 Å². The number of hydrogen-bond acceptors (Lipinski definition) is 1. The van der Waals surface area contributed by atoms with Crippen molar-refractivity contribution in [3.05, 3.63) is 204 Å². The van der Waals surface area contributed by atoms with Gasteiger partial charge in [-0.1, -0.05) is 179 Å². The first-order valence-corrected chi connectivity index (χ1v) is 39.7. The van der Waals surface area contributed by atoms with Gasteiger partial charge in [0.1, 0.15) is 35.5 Å². The third kappa shape index (κ3) is 30.4. The SMILES string of the molecule is CC(C)(C)c1ccc([S+](c2ccc(C(C)(C)C)cc2)C(F)(F)F)cc1.CCCC[S+](CCCC)CCCC.COc1c(C)cc([S+](c2ccccc2)C(F)(F)F)cc1C.C[S+](C)C.C[S+](C)c1ccccc1.FC(F)(F)[S+](c1ccccc1)c1ccccc1. The van der Waals surface area contributed by atoms with Gasteiger partial charge in [-0.2, -0.15) is 0 Å². The molecule has 0 radical (unpaired) electrons. The van der Waals surface area contributed by atoms with Crippen LogP contribution >= 0.6 is 0 Å². The van der Waals surface area contributed by atoms with Crippen LogP contribution in [-0.2, 0) is 76.2 Å². The number of rotatable bonds is 17. The van der Waals surface area contributed by atoms with E-state index in [0.717, 1.165) is 22.0 Å². The molecule has 490 valence electrons. The molecule has 0 spiro atoms. The smallest absolute Gasteiger partial charge is 0.496 e. The molecule has 0 heterocycles. The number of ether oxygens (including phenoxy) is 1. The van der Waals surface area contributed by atoms with Gasteiger partial charge in [0, 0.05) is 23.0 Å². The third-order valence-corrected chi connectivity index (χ3v) is 22.6. The van der Waals surface area contributed by atoms with E-state index in [4.69, 9.17) is 4.74 Å². The van der Waals surface area contributed by atoms with Crippen LogP contribution < -0.4 is 4.74 Å². The summed E-state index contributed by atoms with van der Waals surface area (Å²) in [5, 5.41) is 0. The molecule has 0 aliphatic carbocycles. The highest BCUT2D eigenvalue weighted by Crippen LogP contribution is 2.42. The fourth-order valence-electron chi connectivity index (χ4n) is 8.46. The molecule has 0 bridgehead atoms. The molecule has 1 atom stereocenters. The predicted molar refractivity (Wildman–Crippen MR) is 378 cm³/mol. The van der Waals surface area contributed by atoms with Crippen LogP contribution in [0.1, 0.15) is 123 Å². The van der Waals surface area contributed by atoms with Gasteiger partial charge in [-0.05, 0) is 161 Å². The van der Waals surface area contributed by atoms with Crippen LogP contribution in [-0.4, -0.2) is 72.2 Å². The van der Waals surface area contributed by atoms with Crippen LogP contribution in [0.15, 0.2) is 216 Å². The minimum atomic E-state index is -4.31. The van der Waals surface area contributed by atoms with E-state index in [1.54, 1.807) is 105 Å². The summed E-state index contributed by atoms with van der Waals surface area (Å²) >= 11 is 0. The van der Waals surface area contributed by atoms with Gasteiger partial charge >= 0.3 is 16.5 Å². The predicted octanol–water partition coefficient (Wildman–Crippen LogP) is 22.4. The van der Waals surface area contributed by atoms with Crippen molar-refractivity contribution >= 4 is 65.4 Å². The third-order valence-electron chi connectivity index (χ3n) is 13.0. The van der Waals surface area contributed by atoms with Crippen molar-refractivity contribution in [2.75, 3.05) is 55.6 Å². The van der Waals surface area contributed by atoms with E-state index >= 15 is 0 Å². The van der Waals surface area contributed by atoms with Crippen molar-refractivity contribution in [1.82, 2.24) is 0 Å². The summed E-state index contributed by atoms with van der Waals surface area (Å²) in [4.78, 5) is 3.20. The number of benzene rings is 7. The minimum absolute atomic E-state index is 0.0796. The molecular formula is C73H99F9OS6+6. The zero-order valence-corrected chi connectivity index (χ0v) is 60.3. The van der Waals surface area contributed by atoms with Crippen LogP contribution in [0.2, 0.25) is 0 Å². The Kier molecular flexibility index (Phi) is 36.4. The van der Waals surface area contributed by atoms with E-state index in [0.29, 0.717) is 58.2 Å². The standard InChI is InChI=1S/C21H26F3S.C16H16F3OS.C13H10F3S.C12H27S.C8H11S.C3H9S/c1-19(2,3)15-7-11-17(12-8-15)25(21(22,23)24)18-13-9-16(10-14-18)20(4,5)6;1-11-9-14(10-12(2)15(11)20-3)21(16(17,18)19)13-7-5-4-6-8-13;14-13(15,16)17(11-7-3-1-4-8-11)12-9-5-2-6-10-12;1-4-7-10-13(11-8-5-2)12-9-6-3;1-9(2)8-6-4-3-5-7-8;1-4(2)3/h7-14H,1-6H3;4-10H,1-3H3;1-10H;4-12H2,1-3H3;3-7H,1-2H3;1-3H3/q6*+1. The second-order valence-electron chi connectivity index (χ2n) is 23.5. The van der Waals surface area contributed by atoms with Crippen molar-refractivity contribution in [2.24, 2.45) is 0 Å². The summed E-state index contributed by atoms with van der Waals surface area (Å²) in [6, 6.07) is 51.4. The lowest BCUT2D eigenvalue weighted by atomic mass is 9.87. The Labute approximate surface area is 547 Å². The van der Waals surface area contributed by atoms with E-state index in [1.165, 1.54) is 104 Å². The summed E-state index contributed by atoms with van der Waals surface area (Å²) in [6.45, 7) is 22.8. The number of alkyl halides is 9. The van der Waals surface area contributed by atoms with Gasteiger partial charge in [-0.25, -0.2) is 0 Å². The molecule has 0 aromatic heterocycles. The first-order valence-electron chi connectivity index (χ1n) is 29.8. The molecular weight excluding hydrogens is 1260 g/mol. The van der Waals surface area contributed by atoms with E-state index in [-0.39, 0.29) is 20.6 Å². The Balaban J connectivity index is 0.000000386. The average Bonchev–Trinajstić information content (AvgIpc) is 1.63. The Morgan fingerprint density at radius 2 is 0.584 bits per heavy atom. The monoisotopic (exact) mass is 1350 g/mol. The maximum atomic E-state index is 13.8. The molecule has 7 aromatic rings. The lowest BCUT2D eigenvalue weighted by molar-refractivity contribution is -0.0379. The highest BCUT2D eigenvalue weighted by molar-refractivity contribution is 7.98. The van der Waals surface area contributed by atoms with Crippen molar-refractivity contribution in [3.8, 4) is 5.75 Å². The molecule has 16 heteroatoms. The van der Waals surface area contributed by atoms with Crippen LogP contribution in [0.3, 0.4) is 0 Å². The number of methoxy groups -OCH3 is 1. The summed E-state index contributed by atoms with van der Waals surface area (Å²) in [6.07, 6.45) is 19.5. The lowest BCUT2D eigenvalue weighted by Crippen LogP contribution is -2.24. The quantitative estimate of drug-likeness (QED) is 0.0652. The van der Waals surface area contributed by atoms with Crippen molar-refractivity contribution in [2.45, 2.75) is 176 Å². The van der Waals surface area contributed by atoms with Crippen molar-refractivity contribution in [1.29, 1.82) is 0 Å². The molecule has 0 N–H and O–H groups in total. The van der Waals surface area contributed by atoms with E-state index in [1.807, 2.05) is 24.3 Å². The second-order valence-corrected chi connectivity index (χ2v) is 36.5. The highest BCUT2D eigenvalue weighted by atomic mass is 32.2. The van der Waals surface area contributed by atoms with E-state index in [2.05, 4.69) is 124 Å². The summed E-state index contributed by atoms with van der Waals surface area (Å²) in [5.41, 5.74) is -9.53. The maximum absolute atomic E-state index is 13.8. The fraction of sp³-hybridized carbons (Fsp3) is 0.425. The largest absolute Gasteiger partial charge is 0.586 e. The van der Waals surface area contributed by atoms with Crippen molar-refractivity contribution < 1.29 is 44.3 Å². The van der Waals surface area contributed by atoms with Gasteiger partial charge < -0.3 is 4.74 Å². The maximum Gasteiger partial charge on any atom is 0.586 e. The van der Waals surface area contributed by atoms with Gasteiger partial charge in [0.25, 0.3) is 0 Å². The van der Waals surface area contributed by atoms with Crippen LogP contribution in [0, 0.1) is 13.8 Å². The minimum Gasteiger partial charge on any atom is -0.496 e. The molecule has 1 unspecified atom stereocenters. The second kappa shape index (κ2) is 40.0. The first kappa shape index (κ1) is 80.9. The fourth-order valence-corrected chi connectivity index (χ4v) is 17.0. The molecule has 0 amide bonds. The number of halogens is 9. The molecule has 0 fully saturated rings. The van der Waals surface area contributed by atoms with Gasteiger partial charge in [-0.15, -0.1) is 39.5 Å². The van der Waals surface area contributed by atoms with Crippen molar-refractivity contribution in [3.63, 3.8) is 0 Å². The molecule has 7 aromatic carbocycles. The highest BCUT2D eigenvalue weighted by Gasteiger charge is 2.56. The Bertz CT molecular complexity index is 2820. The molecule has 0 saturated heterocycles. The summed E-state index contributed by atoms with van der Waals surface area (Å²) in [7, 11) is -2.40. The van der Waals surface area contributed by atoms with Crippen LogP contribution in [0.25, 0.3) is 0 Å². The Hall–Kier alpha value is -4.19. The van der Waals surface area contributed by atoms with E-state index in [9.17, 15) is 39.5 Å². The normalized spacial score (nSPS) is 12.1. The molecule has 7 rings (SSSR count). The average molecular weight is 1360 g/mol. The molecule has 1 nitrogen and oxygen atoms in total. The Morgan fingerprint density at radius 3 is 0.787 bits per heavy atom. The number of hydrogen-bond donors (Lipinski definition) is 0. The summed E-state index contributed by atoms with van der Waals surface area (Å²) in [5.74, 6) is 5.17.